The smallest absolute Gasteiger partial charge is 0.398 e. The molecule has 45 heavy (non-hydrogen) atoms. The number of halogens is 20. The number of rotatable bonds is 16. The largest absolute Gasteiger partial charge is 0.461 e. The molecular weight excluding hydrogens is 754 g/mol. The quantitative estimate of drug-likeness (QED) is 0.144. The first-order valence-electron chi connectivity index (χ1n) is 9.40. The van der Waals surface area contributed by atoms with Crippen molar-refractivity contribution in [2.45, 2.75) is 60.5 Å². The van der Waals surface area contributed by atoms with Gasteiger partial charge in [-0.15, -0.1) is 0 Å². The second-order valence-corrected chi connectivity index (χ2v) is 11.2. The first-order valence-corrected chi connectivity index (χ1v) is 12.4. The minimum absolute atomic E-state index is 1.19. The highest BCUT2D eigenvalue weighted by molar-refractivity contribution is 8.05. The van der Waals surface area contributed by atoms with E-state index >= 15 is 0 Å². The fourth-order valence-electron chi connectivity index (χ4n) is 1.77. The van der Waals surface area contributed by atoms with Crippen LogP contribution in [-0.2, 0) is 39.0 Å². The SMILES string of the molecule is CC(F)(OC(F)(F)C(F)(F)S(=O)(=O)NS(=O)(=O)C(F)(F)C(F)(F)OC(C)(F)C(F)(F)OC(F)=C(F)F)C(F)(F)OC(F)=C(F)F. The van der Waals surface area contributed by atoms with Crippen molar-refractivity contribution < 1.29 is 124 Å². The highest BCUT2D eigenvalue weighted by Crippen LogP contribution is 2.50. The molecule has 0 saturated carbocycles. The van der Waals surface area contributed by atoms with Gasteiger partial charge in [-0.1, -0.05) is 4.13 Å². The van der Waals surface area contributed by atoms with Gasteiger partial charge in [0.1, 0.15) is 0 Å². The van der Waals surface area contributed by atoms with E-state index in [0.29, 0.717) is 0 Å². The van der Waals surface area contributed by atoms with Crippen LogP contribution in [0.25, 0.3) is 0 Å². The van der Waals surface area contributed by atoms with Gasteiger partial charge in [-0.25, -0.2) is 25.6 Å². The van der Waals surface area contributed by atoms with Crippen molar-refractivity contribution in [1.82, 2.24) is 4.13 Å². The molecule has 0 amide bonds. The molecule has 0 rings (SSSR count). The number of hydrogen-bond acceptors (Lipinski definition) is 8. The van der Waals surface area contributed by atoms with Crippen molar-refractivity contribution >= 4 is 20.0 Å². The average molecular weight is 761 g/mol. The van der Waals surface area contributed by atoms with Crippen LogP contribution in [0, 0.1) is 0 Å². The van der Waals surface area contributed by atoms with E-state index in [-0.39, 0.29) is 0 Å². The Hall–Kier alpha value is -2.54. The molecule has 0 aromatic carbocycles. The lowest BCUT2D eigenvalue weighted by molar-refractivity contribution is -0.451. The zero-order valence-corrected chi connectivity index (χ0v) is 21.8. The zero-order chi connectivity index (χ0) is 36.8. The van der Waals surface area contributed by atoms with Crippen LogP contribution in [0.5, 0.6) is 0 Å². The maximum Gasteiger partial charge on any atom is 0.461 e. The average Bonchev–Trinajstić information content (AvgIpc) is 2.75. The molecule has 9 nitrogen and oxygen atoms in total. The maximum absolute atomic E-state index is 13.9. The molecule has 2 atom stereocenters. The minimum Gasteiger partial charge on any atom is -0.398 e. The summed E-state index contributed by atoms with van der Waals surface area (Å²) >= 11 is 0. The lowest BCUT2D eigenvalue weighted by Crippen LogP contribution is -2.63. The first kappa shape index (κ1) is 42.5. The third kappa shape index (κ3) is 8.44. The second kappa shape index (κ2) is 12.2. The summed E-state index contributed by atoms with van der Waals surface area (Å²) in [6, 6.07) is -7.59. The zero-order valence-electron chi connectivity index (χ0n) is 20.1. The molecule has 0 aliphatic rings. The number of alkyl halides is 14. The number of hydrogen-bond donors (Lipinski definition) is 1. The number of ether oxygens (including phenoxy) is 4. The summed E-state index contributed by atoms with van der Waals surface area (Å²) in [6.45, 7) is -2.39. The summed E-state index contributed by atoms with van der Waals surface area (Å²) in [6.07, 6.45) is -36.0. The summed E-state index contributed by atoms with van der Waals surface area (Å²) in [5.41, 5.74) is 0. The second-order valence-electron chi connectivity index (χ2n) is 7.50. The molecule has 0 saturated heterocycles. The summed E-state index contributed by atoms with van der Waals surface area (Å²) in [5.74, 6) is -12.2. The van der Waals surface area contributed by atoms with Gasteiger partial charge in [-0.3, -0.25) is 9.47 Å². The van der Waals surface area contributed by atoms with Crippen molar-refractivity contribution in [1.29, 1.82) is 0 Å². The first-order chi connectivity index (χ1) is 19.3. The molecule has 0 spiro atoms. The molecule has 0 aromatic rings. The monoisotopic (exact) mass is 761 g/mol. The van der Waals surface area contributed by atoms with E-state index in [0.717, 1.165) is 0 Å². The van der Waals surface area contributed by atoms with Gasteiger partial charge in [-0.05, 0) is 0 Å². The van der Waals surface area contributed by atoms with Crippen LogP contribution < -0.4 is 4.13 Å². The Kier molecular flexibility index (Phi) is 11.6. The van der Waals surface area contributed by atoms with Crippen molar-refractivity contribution in [3.63, 3.8) is 0 Å². The van der Waals surface area contributed by atoms with Gasteiger partial charge in [0.05, 0.1) is 0 Å². The topological polar surface area (TPSA) is 117 Å². The standard InChI is InChI=1S/C14H7F20NO8S2/c1-7(21,9(23,24)40-5(19)3(15)16)42-11(27,28)13(31,32)44(36,37)35-45(38,39)14(33,34)12(29,30)43-8(2,22)10(25,26)41-6(20)4(17)18/h35H,1-2H3. The molecule has 2 unspecified atom stereocenters. The van der Waals surface area contributed by atoms with Crippen LogP contribution >= 0.6 is 0 Å². The van der Waals surface area contributed by atoms with Crippen LogP contribution in [0.4, 0.5) is 87.8 Å². The van der Waals surface area contributed by atoms with Crippen molar-refractivity contribution in [3.05, 3.63) is 24.2 Å². The summed E-state index contributed by atoms with van der Waals surface area (Å²) in [4.78, 5) is 0. The van der Waals surface area contributed by atoms with Crippen molar-refractivity contribution in [2.75, 3.05) is 0 Å². The highest BCUT2D eigenvalue weighted by Gasteiger charge is 2.77. The Bertz CT molecular complexity index is 1280. The third-order valence-corrected chi connectivity index (χ3v) is 7.56. The van der Waals surface area contributed by atoms with Crippen LogP contribution in [-0.4, -0.2) is 63.5 Å². The van der Waals surface area contributed by atoms with Gasteiger partial charge >= 0.3 is 70.8 Å². The lowest BCUT2D eigenvalue weighted by atomic mass is 10.3. The predicted octanol–water partition coefficient (Wildman–Crippen LogP) is 6.30. The van der Waals surface area contributed by atoms with E-state index in [1.165, 1.54) is 0 Å². The molecule has 268 valence electrons. The van der Waals surface area contributed by atoms with Gasteiger partial charge < -0.3 is 9.47 Å². The molecule has 0 bridgehead atoms. The van der Waals surface area contributed by atoms with E-state index in [2.05, 4.69) is 18.9 Å². The minimum atomic E-state index is -8.45. The molecule has 1 N–H and O–H groups in total. The molecule has 0 heterocycles. The van der Waals surface area contributed by atoms with Crippen molar-refractivity contribution in [2.24, 2.45) is 0 Å². The molecule has 0 radical (unpaired) electrons. The number of nitrogens with one attached hydrogen (secondary N) is 1. The Morgan fingerprint density at radius 1 is 0.467 bits per heavy atom. The summed E-state index contributed by atoms with van der Waals surface area (Å²) in [7, 11) is -16.9. The van der Waals surface area contributed by atoms with Gasteiger partial charge in [0, 0.05) is 13.8 Å². The predicted molar refractivity (Wildman–Crippen MR) is 94.7 cm³/mol. The molecule has 0 aliphatic carbocycles. The Morgan fingerprint density at radius 3 is 0.889 bits per heavy atom. The van der Waals surface area contributed by atoms with Gasteiger partial charge in [0.2, 0.25) is 0 Å². The molecule has 0 fully saturated rings. The van der Waals surface area contributed by atoms with Gasteiger partial charge in [0.25, 0.3) is 20.0 Å². The summed E-state index contributed by atoms with van der Waals surface area (Å²) in [5, 5.41) is -15.5. The maximum atomic E-state index is 13.9. The fourth-order valence-corrected chi connectivity index (χ4v) is 4.47. The Labute approximate surface area is 233 Å². The van der Waals surface area contributed by atoms with E-state index in [4.69, 9.17) is 0 Å². The molecule has 0 aliphatic heterocycles. The van der Waals surface area contributed by atoms with E-state index in [1.807, 2.05) is 0 Å². The van der Waals surface area contributed by atoms with Crippen LogP contribution in [0.1, 0.15) is 13.8 Å². The van der Waals surface area contributed by atoms with E-state index in [1.54, 1.807) is 0 Å². The van der Waals surface area contributed by atoms with Crippen LogP contribution in [0.15, 0.2) is 24.2 Å². The van der Waals surface area contributed by atoms with Gasteiger partial charge in [0.15, 0.2) is 0 Å². The summed E-state index contributed by atoms with van der Waals surface area (Å²) < 4.78 is 318. The third-order valence-electron chi connectivity index (χ3n) is 3.98. The Balaban J connectivity index is 6.53. The van der Waals surface area contributed by atoms with E-state index < -0.39 is 109 Å². The van der Waals surface area contributed by atoms with Crippen molar-refractivity contribution in [3.8, 4) is 0 Å². The molecular formula is C14H7F20NO8S2. The van der Waals surface area contributed by atoms with E-state index in [9.17, 15) is 105 Å². The molecule has 31 heteroatoms. The molecule has 0 aromatic heterocycles. The Morgan fingerprint density at radius 2 is 0.689 bits per heavy atom. The van der Waals surface area contributed by atoms with Gasteiger partial charge in [-0.2, -0.15) is 79.0 Å². The highest BCUT2D eigenvalue weighted by atomic mass is 32.3. The van der Waals surface area contributed by atoms with Crippen LogP contribution in [0.2, 0.25) is 0 Å². The normalized spacial score (nSPS) is 17.2. The number of sulfonamides is 2. The fraction of sp³-hybridized carbons (Fsp3) is 0.714. The lowest BCUT2D eigenvalue weighted by Gasteiger charge is -2.35. The van der Waals surface area contributed by atoms with Crippen LogP contribution in [0.3, 0.4) is 0 Å².